The number of nitrogens with zero attached hydrogens (tertiary/aromatic N) is 3. The Morgan fingerprint density at radius 2 is 2.15 bits per heavy atom. The van der Waals surface area contributed by atoms with Crippen molar-refractivity contribution < 1.29 is 9.53 Å². The van der Waals surface area contributed by atoms with Gasteiger partial charge in [-0.05, 0) is 81.5 Å². The molecule has 33 heavy (non-hydrogen) atoms. The van der Waals surface area contributed by atoms with E-state index in [1.54, 1.807) is 6.92 Å². The van der Waals surface area contributed by atoms with Gasteiger partial charge in [0, 0.05) is 49.7 Å². The van der Waals surface area contributed by atoms with E-state index < -0.39 is 0 Å². The molecule has 2 aromatic rings. The number of carbonyl (C=O) groups is 1. The predicted octanol–water partition coefficient (Wildman–Crippen LogP) is 4.46. The van der Waals surface area contributed by atoms with Gasteiger partial charge in [0.2, 0.25) is 0 Å². The average Bonchev–Trinajstić information content (AvgIpc) is 3.58. The maximum Gasteiger partial charge on any atom is 0.151 e. The number of ether oxygens (including phenoxy) is 1. The molecule has 1 saturated carbocycles. The highest BCUT2D eigenvalue weighted by Crippen LogP contribution is 2.43. The lowest BCUT2D eigenvalue weighted by atomic mass is 9.98. The summed E-state index contributed by atoms with van der Waals surface area (Å²) in [4.78, 5) is 24.4. The van der Waals surface area contributed by atoms with Gasteiger partial charge in [0.25, 0.3) is 0 Å². The van der Waals surface area contributed by atoms with Crippen LogP contribution in [0.15, 0.2) is 30.5 Å². The van der Waals surface area contributed by atoms with Crippen LogP contribution in [-0.2, 0) is 22.4 Å². The van der Waals surface area contributed by atoms with E-state index in [4.69, 9.17) is 9.72 Å². The molecule has 4 heterocycles. The summed E-state index contributed by atoms with van der Waals surface area (Å²) in [7, 11) is 0. The normalized spacial score (nSPS) is 21.4. The second-order valence-corrected chi connectivity index (χ2v) is 9.84. The molecule has 0 aromatic carbocycles. The molecular formula is C27H36N4O2. The van der Waals surface area contributed by atoms with Gasteiger partial charge in [-0.15, -0.1) is 0 Å². The second kappa shape index (κ2) is 10.3. The molecule has 2 fully saturated rings. The number of nitrogens with one attached hydrogen (secondary N) is 1. The predicted molar refractivity (Wildman–Crippen MR) is 130 cm³/mol. The molecule has 0 unspecified atom stereocenters. The summed E-state index contributed by atoms with van der Waals surface area (Å²) in [6.45, 7) is 5.24. The number of likely N-dealkylation sites (tertiary alicyclic amines) is 1. The zero-order valence-electron chi connectivity index (χ0n) is 19.8. The zero-order chi connectivity index (χ0) is 22.6. The van der Waals surface area contributed by atoms with E-state index in [1.807, 2.05) is 12.3 Å². The van der Waals surface area contributed by atoms with Gasteiger partial charge in [0.15, 0.2) is 5.78 Å². The summed E-state index contributed by atoms with van der Waals surface area (Å²) in [5, 5.41) is 3.42. The van der Waals surface area contributed by atoms with Crippen LogP contribution in [0.2, 0.25) is 0 Å². The number of ketones is 1. The molecule has 0 radical (unpaired) electrons. The molecule has 176 valence electrons. The molecule has 0 amide bonds. The Bertz CT molecular complexity index is 974. The quantitative estimate of drug-likeness (QED) is 0.542. The molecule has 5 rings (SSSR count). The molecule has 1 aliphatic carbocycles. The standard InChI is InChI=1S/C27H36N4O2/c1-19(32)26(24-8-5-14-28-25(24)20-9-10-20)31-16-13-23(18-31)33-17-3-2-7-22-12-11-21-6-4-15-29-27(21)30-22/h5,8,11-12,14,20,23,26H,2-4,6-7,9-10,13,15-18H2,1H3,(H,29,30)/t23-,26-/m1/s1. The van der Waals surface area contributed by atoms with E-state index >= 15 is 0 Å². The second-order valence-electron chi connectivity index (χ2n) is 9.84. The highest BCUT2D eigenvalue weighted by Gasteiger charge is 2.36. The number of aromatic nitrogens is 2. The van der Waals surface area contributed by atoms with Crippen molar-refractivity contribution in [2.24, 2.45) is 0 Å². The van der Waals surface area contributed by atoms with Crippen molar-refractivity contribution in [1.82, 2.24) is 14.9 Å². The number of rotatable bonds is 10. The number of hydrogen-bond acceptors (Lipinski definition) is 6. The first-order chi connectivity index (χ1) is 16.2. The van der Waals surface area contributed by atoms with Gasteiger partial charge in [0.1, 0.15) is 5.82 Å². The third-order valence-electron chi connectivity index (χ3n) is 7.19. The van der Waals surface area contributed by atoms with Crippen LogP contribution in [0.25, 0.3) is 0 Å². The SMILES string of the molecule is CC(=O)[C@H](c1cccnc1C1CC1)N1CC[C@@H](OCCCCc2ccc3c(n2)NCCC3)C1. The van der Waals surface area contributed by atoms with Crippen LogP contribution in [0.3, 0.4) is 0 Å². The van der Waals surface area contributed by atoms with Gasteiger partial charge in [0.05, 0.1) is 12.1 Å². The minimum atomic E-state index is -0.188. The maximum atomic E-state index is 12.6. The molecule has 6 nitrogen and oxygen atoms in total. The van der Waals surface area contributed by atoms with Crippen LogP contribution >= 0.6 is 0 Å². The first-order valence-electron chi connectivity index (χ1n) is 12.7. The van der Waals surface area contributed by atoms with Crippen LogP contribution in [0.1, 0.15) is 79.9 Å². The van der Waals surface area contributed by atoms with Gasteiger partial charge < -0.3 is 10.1 Å². The van der Waals surface area contributed by atoms with Crippen molar-refractivity contribution in [3.05, 3.63) is 53.0 Å². The van der Waals surface area contributed by atoms with Crippen LogP contribution in [-0.4, -0.2) is 53.0 Å². The fourth-order valence-electron chi connectivity index (χ4n) is 5.32. The number of Topliss-reactive ketones (excluding diaryl/α,β-unsaturated/α-hetero) is 1. The third-order valence-corrected chi connectivity index (χ3v) is 7.19. The fraction of sp³-hybridized carbons (Fsp3) is 0.593. The molecule has 2 aromatic heterocycles. The number of fused-ring (bicyclic) bond motifs is 1. The van der Waals surface area contributed by atoms with Crippen molar-refractivity contribution in [3.63, 3.8) is 0 Å². The van der Waals surface area contributed by atoms with Gasteiger partial charge in [-0.25, -0.2) is 4.98 Å². The van der Waals surface area contributed by atoms with Gasteiger partial charge in [-0.2, -0.15) is 0 Å². The van der Waals surface area contributed by atoms with Crippen LogP contribution in [0.5, 0.6) is 0 Å². The fourth-order valence-corrected chi connectivity index (χ4v) is 5.32. The average molecular weight is 449 g/mol. The van der Waals surface area contributed by atoms with Crippen molar-refractivity contribution in [3.8, 4) is 0 Å². The highest BCUT2D eigenvalue weighted by molar-refractivity contribution is 5.83. The summed E-state index contributed by atoms with van der Waals surface area (Å²) >= 11 is 0. The Morgan fingerprint density at radius 1 is 1.24 bits per heavy atom. The first kappa shape index (κ1) is 22.5. The van der Waals surface area contributed by atoms with Crippen LogP contribution in [0, 0.1) is 0 Å². The summed E-state index contributed by atoms with van der Waals surface area (Å²) in [5.41, 5.74) is 4.76. The number of unbranched alkanes of at least 4 members (excludes halogenated alkanes) is 1. The number of hydrogen-bond donors (Lipinski definition) is 1. The molecule has 6 heteroatoms. The number of anilines is 1. The van der Waals surface area contributed by atoms with Crippen LogP contribution in [0.4, 0.5) is 5.82 Å². The molecule has 2 atom stereocenters. The van der Waals surface area contributed by atoms with Crippen LogP contribution < -0.4 is 5.32 Å². The van der Waals surface area contributed by atoms with E-state index in [-0.39, 0.29) is 17.9 Å². The Labute approximate surface area is 197 Å². The van der Waals surface area contributed by atoms with Crippen molar-refractivity contribution in [2.45, 2.75) is 76.4 Å². The highest BCUT2D eigenvalue weighted by atomic mass is 16.5. The van der Waals surface area contributed by atoms with E-state index in [0.717, 1.165) is 75.4 Å². The van der Waals surface area contributed by atoms with Gasteiger partial charge >= 0.3 is 0 Å². The summed E-state index contributed by atoms with van der Waals surface area (Å²) in [6, 6.07) is 8.29. The molecule has 0 spiro atoms. The topological polar surface area (TPSA) is 67.4 Å². The Kier molecular flexibility index (Phi) is 7.02. The first-order valence-corrected chi connectivity index (χ1v) is 12.7. The van der Waals surface area contributed by atoms with E-state index in [1.165, 1.54) is 30.5 Å². The minimum Gasteiger partial charge on any atom is -0.377 e. The molecule has 0 bridgehead atoms. The maximum absolute atomic E-state index is 12.6. The molecule has 1 saturated heterocycles. The Hall–Kier alpha value is -2.31. The summed E-state index contributed by atoms with van der Waals surface area (Å²) in [6.07, 6.45) is 10.9. The van der Waals surface area contributed by atoms with Gasteiger partial charge in [-0.1, -0.05) is 12.1 Å². The van der Waals surface area contributed by atoms with Crippen molar-refractivity contribution in [2.75, 3.05) is 31.6 Å². The monoisotopic (exact) mass is 448 g/mol. The smallest absolute Gasteiger partial charge is 0.151 e. The molecule has 1 N–H and O–H groups in total. The van der Waals surface area contributed by atoms with Crippen molar-refractivity contribution >= 4 is 11.6 Å². The summed E-state index contributed by atoms with van der Waals surface area (Å²) < 4.78 is 6.22. The molecule has 2 aliphatic heterocycles. The summed E-state index contributed by atoms with van der Waals surface area (Å²) in [5.74, 6) is 1.83. The lowest BCUT2D eigenvalue weighted by Crippen LogP contribution is -2.33. The van der Waals surface area contributed by atoms with E-state index in [2.05, 4.69) is 33.4 Å². The van der Waals surface area contributed by atoms with E-state index in [0.29, 0.717) is 5.92 Å². The number of aryl methyl sites for hydroxylation is 2. The molecular weight excluding hydrogens is 412 g/mol. The number of pyridine rings is 2. The third kappa shape index (κ3) is 5.44. The Balaban J connectivity index is 1.08. The van der Waals surface area contributed by atoms with E-state index in [9.17, 15) is 4.79 Å². The molecule has 3 aliphatic rings. The van der Waals surface area contributed by atoms with Gasteiger partial charge in [-0.3, -0.25) is 14.7 Å². The Morgan fingerprint density at radius 3 is 3.00 bits per heavy atom. The van der Waals surface area contributed by atoms with Crippen molar-refractivity contribution in [1.29, 1.82) is 0 Å². The zero-order valence-corrected chi connectivity index (χ0v) is 19.8. The number of carbonyl (C=O) groups excluding carboxylic acids is 1. The lowest BCUT2D eigenvalue weighted by molar-refractivity contribution is -0.122. The minimum absolute atomic E-state index is 0.188. The lowest BCUT2D eigenvalue weighted by Gasteiger charge is -2.27. The largest absolute Gasteiger partial charge is 0.377 e.